The third kappa shape index (κ3) is 5.53. The molecule has 0 saturated heterocycles. The number of allylic oxidation sites excluding steroid dienone is 8. The molecule has 0 amide bonds. The van der Waals surface area contributed by atoms with E-state index >= 15 is 0 Å². The van der Waals surface area contributed by atoms with Gasteiger partial charge in [0.15, 0.2) is 0 Å². The molecule has 222 valence electrons. The zero-order valence-corrected chi connectivity index (χ0v) is 25.5. The van der Waals surface area contributed by atoms with Gasteiger partial charge in [0.05, 0.1) is 5.69 Å². The molecule has 4 aromatic carbocycles. The topological polar surface area (TPSA) is 59.1 Å². The number of nitrogens with one attached hydrogen (secondary N) is 1. The van der Waals surface area contributed by atoms with E-state index in [1.54, 1.807) is 6.08 Å². The van der Waals surface area contributed by atoms with Gasteiger partial charge < -0.3 is 14.6 Å². The molecule has 0 fully saturated rings. The fraction of sp³-hybridized carbons (Fsp3) is 0.0476. The number of hydrogen-bond acceptors (Lipinski definition) is 4. The van der Waals surface area contributed by atoms with Crippen molar-refractivity contribution >= 4 is 44.9 Å². The Hall–Kier alpha value is -6.00. The van der Waals surface area contributed by atoms with Gasteiger partial charge in [0.25, 0.3) is 0 Å². The molecule has 3 heterocycles. The molecule has 0 spiro atoms. The second-order valence-electron chi connectivity index (χ2n) is 11.2. The third-order valence-electron chi connectivity index (χ3n) is 8.29. The van der Waals surface area contributed by atoms with Crippen LogP contribution in [0.15, 0.2) is 151 Å². The van der Waals surface area contributed by atoms with Crippen molar-refractivity contribution in [2.75, 3.05) is 6.61 Å². The van der Waals surface area contributed by atoms with Crippen LogP contribution in [-0.2, 0) is 0 Å². The van der Waals surface area contributed by atoms with Crippen molar-refractivity contribution < 1.29 is 9.15 Å². The third-order valence-corrected chi connectivity index (χ3v) is 8.29. The van der Waals surface area contributed by atoms with Gasteiger partial charge in [-0.25, -0.2) is 0 Å². The van der Waals surface area contributed by atoms with Crippen molar-refractivity contribution in [2.45, 2.75) is 6.92 Å². The molecule has 6 aromatic rings. The van der Waals surface area contributed by atoms with E-state index in [0.29, 0.717) is 6.61 Å². The summed E-state index contributed by atoms with van der Waals surface area (Å²) in [6.07, 6.45) is 14.9. The lowest BCUT2D eigenvalue weighted by molar-refractivity contribution is 0.370. The fourth-order valence-electron chi connectivity index (χ4n) is 5.95. The lowest BCUT2D eigenvalue weighted by Gasteiger charge is -2.18. The summed E-state index contributed by atoms with van der Waals surface area (Å²) in [7, 11) is 0. The number of rotatable bonds is 6. The van der Waals surface area contributed by atoms with Crippen LogP contribution in [0.3, 0.4) is 0 Å². The molecular weight excluding hydrogens is 564 g/mol. The Kier molecular flexibility index (Phi) is 7.84. The second kappa shape index (κ2) is 12.5. The molecule has 1 aliphatic heterocycles. The normalized spacial score (nSPS) is 15.5. The highest BCUT2D eigenvalue weighted by Crippen LogP contribution is 2.41. The van der Waals surface area contributed by atoms with Crippen LogP contribution >= 0.6 is 0 Å². The highest BCUT2D eigenvalue weighted by molar-refractivity contribution is 6.08. The summed E-state index contributed by atoms with van der Waals surface area (Å²) in [6, 6.07) is 33.1. The zero-order chi connectivity index (χ0) is 31.5. The van der Waals surface area contributed by atoms with Crippen LogP contribution in [0.4, 0.5) is 0 Å². The lowest BCUT2D eigenvalue weighted by Crippen LogP contribution is -2.04. The molecule has 0 saturated carbocycles. The highest BCUT2D eigenvalue weighted by Gasteiger charge is 2.19. The van der Waals surface area contributed by atoms with E-state index in [-0.39, 0.29) is 0 Å². The first-order valence-corrected chi connectivity index (χ1v) is 15.2. The van der Waals surface area contributed by atoms with E-state index in [0.717, 1.165) is 83.5 Å². The van der Waals surface area contributed by atoms with Gasteiger partial charge in [0.2, 0.25) is 0 Å². The fourth-order valence-corrected chi connectivity index (χ4v) is 5.95. The molecule has 0 unspecified atom stereocenters. The molecular formula is C42H32N2O2. The van der Waals surface area contributed by atoms with E-state index in [9.17, 15) is 0 Å². The number of hydrogen-bond donors (Lipinski definition) is 1. The maximum Gasteiger partial charge on any atom is 0.143 e. The number of benzene rings is 4. The minimum absolute atomic E-state index is 0.345. The van der Waals surface area contributed by atoms with E-state index in [4.69, 9.17) is 14.6 Å². The maximum atomic E-state index is 7.35. The Bertz CT molecular complexity index is 2250. The van der Waals surface area contributed by atoms with E-state index in [2.05, 4.69) is 85.2 Å². The summed E-state index contributed by atoms with van der Waals surface area (Å²) in [5.41, 5.74) is 11.6. The van der Waals surface area contributed by atoms with Gasteiger partial charge in [-0.05, 0) is 71.7 Å². The minimum Gasteiger partial charge on any atom is -0.488 e. The van der Waals surface area contributed by atoms with Gasteiger partial charge >= 0.3 is 0 Å². The van der Waals surface area contributed by atoms with Crippen molar-refractivity contribution in [3.63, 3.8) is 0 Å². The van der Waals surface area contributed by atoms with Gasteiger partial charge in [-0.2, -0.15) is 0 Å². The van der Waals surface area contributed by atoms with Crippen molar-refractivity contribution in [2.24, 2.45) is 0 Å². The number of pyridine rings is 1. The van der Waals surface area contributed by atoms with Crippen LogP contribution < -0.4 is 4.74 Å². The summed E-state index contributed by atoms with van der Waals surface area (Å²) in [5, 5.41) is 9.53. The highest BCUT2D eigenvalue weighted by atomic mass is 16.5. The quantitative estimate of drug-likeness (QED) is 0.154. The van der Waals surface area contributed by atoms with E-state index < -0.39 is 0 Å². The van der Waals surface area contributed by atoms with Crippen LogP contribution in [0, 0.1) is 5.41 Å². The molecule has 0 radical (unpaired) electrons. The Labute approximate surface area is 268 Å². The van der Waals surface area contributed by atoms with Crippen molar-refractivity contribution in [1.29, 1.82) is 5.41 Å². The van der Waals surface area contributed by atoms with Crippen LogP contribution in [0.25, 0.3) is 61.0 Å². The van der Waals surface area contributed by atoms with Gasteiger partial charge in [-0.3, -0.25) is 4.98 Å². The van der Waals surface area contributed by atoms with E-state index in [1.807, 2.05) is 66.9 Å². The predicted molar refractivity (Wildman–Crippen MR) is 192 cm³/mol. The molecule has 2 aromatic heterocycles. The maximum absolute atomic E-state index is 7.35. The van der Waals surface area contributed by atoms with Gasteiger partial charge in [0.1, 0.15) is 23.5 Å². The summed E-state index contributed by atoms with van der Waals surface area (Å²) < 4.78 is 13.2. The van der Waals surface area contributed by atoms with Crippen molar-refractivity contribution in [3.8, 4) is 28.1 Å². The number of fused-ring (bicyclic) bond motifs is 4. The average molecular weight is 597 g/mol. The summed E-state index contributed by atoms with van der Waals surface area (Å²) in [6.45, 7) is 6.83. The van der Waals surface area contributed by atoms with Crippen molar-refractivity contribution in [3.05, 3.63) is 163 Å². The molecule has 1 aliphatic rings. The van der Waals surface area contributed by atoms with Crippen LogP contribution in [0.2, 0.25) is 0 Å². The molecule has 0 bridgehead atoms. The van der Waals surface area contributed by atoms with E-state index in [1.165, 1.54) is 6.21 Å². The Morgan fingerprint density at radius 1 is 0.826 bits per heavy atom. The molecule has 0 aliphatic carbocycles. The smallest absolute Gasteiger partial charge is 0.143 e. The Balaban J connectivity index is 1.35. The predicted octanol–water partition coefficient (Wildman–Crippen LogP) is 11.0. The first-order chi connectivity index (χ1) is 22.6. The Morgan fingerprint density at radius 2 is 1.61 bits per heavy atom. The van der Waals surface area contributed by atoms with Crippen LogP contribution in [0.5, 0.6) is 5.75 Å². The largest absolute Gasteiger partial charge is 0.488 e. The number of para-hydroxylation sites is 3. The monoisotopic (exact) mass is 596 g/mol. The summed E-state index contributed by atoms with van der Waals surface area (Å²) in [5.74, 6) is 0.774. The molecule has 0 atom stereocenters. The number of aromatic nitrogens is 1. The van der Waals surface area contributed by atoms with Crippen molar-refractivity contribution in [1.82, 2.24) is 4.98 Å². The van der Waals surface area contributed by atoms with Crippen LogP contribution in [0.1, 0.15) is 23.6 Å². The molecule has 46 heavy (non-hydrogen) atoms. The first-order valence-electron chi connectivity index (χ1n) is 15.2. The van der Waals surface area contributed by atoms with Gasteiger partial charge in [-0.15, -0.1) is 0 Å². The summed E-state index contributed by atoms with van der Waals surface area (Å²) in [4.78, 5) is 4.65. The lowest BCUT2D eigenvalue weighted by atomic mass is 9.92. The summed E-state index contributed by atoms with van der Waals surface area (Å²) >= 11 is 0. The standard InChI is InChI=1S/C42H32N2O2/c1-28(12-5-7-22-43)31-24-32(26-33(25-31)39-20-6-8-23-44-39)36-18-10-16-34-29(2)13-9-14-30(27-45-41(34)36)35-17-11-19-38-37-15-3-4-21-40(37)46-42(35)38/h3-26,43H,2,27H2,1H3/b7-5-,13-9-,28-12+,30-14+,43-22?. The SMILES string of the molecule is C=C1/C=C\C=C(\c2cccc3c2oc2ccccc23)COc2c1cccc2-c1cc(/C(C)=C/C=C\C=N)cc(-c2ccccn2)c1. The minimum atomic E-state index is 0.345. The van der Waals surface area contributed by atoms with Gasteiger partial charge in [-0.1, -0.05) is 97.6 Å². The number of furan rings is 1. The van der Waals surface area contributed by atoms with Crippen LogP contribution in [-0.4, -0.2) is 17.8 Å². The number of nitrogens with zero attached hydrogens (tertiary/aromatic N) is 1. The van der Waals surface area contributed by atoms with Gasteiger partial charge in [0, 0.05) is 51.0 Å². The first kappa shape index (κ1) is 28.8. The average Bonchev–Trinajstić information content (AvgIpc) is 3.51. The molecule has 7 rings (SSSR count). The number of ether oxygens (including phenoxy) is 1. The zero-order valence-electron chi connectivity index (χ0n) is 25.5. The molecule has 4 heteroatoms. The Morgan fingerprint density at radius 3 is 2.48 bits per heavy atom. The second-order valence-corrected chi connectivity index (χ2v) is 11.2. The molecule has 4 nitrogen and oxygen atoms in total. The molecule has 1 N–H and O–H groups in total.